The summed E-state index contributed by atoms with van der Waals surface area (Å²) in [5.41, 5.74) is 7.75. The smallest absolute Gasteiger partial charge is 0.123 e. The Morgan fingerprint density at radius 1 is 1.47 bits per heavy atom. The number of hydrogen-bond acceptors (Lipinski definition) is 2. The maximum Gasteiger partial charge on any atom is 0.123 e. The number of rotatable bonds is 3. The van der Waals surface area contributed by atoms with E-state index in [1.165, 1.54) is 18.9 Å². The average Bonchev–Trinajstić information content (AvgIpc) is 2.77. The van der Waals surface area contributed by atoms with Crippen LogP contribution in [0.5, 0.6) is 0 Å². The van der Waals surface area contributed by atoms with E-state index in [-0.39, 0.29) is 5.82 Å². The summed E-state index contributed by atoms with van der Waals surface area (Å²) in [4.78, 5) is 2.40. The number of hydrogen-bond donors (Lipinski definition) is 1. The molecule has 0 spiro atoms. The van der Waals surface area contributed by atoms with E-state index in [9.17, 15) is 4.39 Å². The zero-order chi connectivity index (χ0) is 12.4. The Labute approximate surface area is 103 Å². The van der Waals surface area contributed by atoms with E-state index < -0.39 is 0 Å². The molecule has 0 aliphatic carbocycles. The summed E-state index contributed by atoms with van der Waals surface area (Å²) < 4.78 is 13.2. The number of anilines is 1. The van der Waals surface area contributed by atoms with E-state index >= 15 is 0 Å². The molecule has 0 bridgehead atoms. The second-order valence-corrected chi connectivity index (χ2v) is 5.12. The summed E-state index contributed by atoms with van der Waals surface area (Å²) in [5.74, 6) is 0.419. The van der Waals surface area contributed by atoms with E-state index in [1.54, 1.807) is 6.07 Å². The zero-order valence-electron chi connectivity index (χ0n) is 10.6. The molecule has 1 aliphatic heterocycles. The van der Waals surface area contributed by atoms with Gasteiger partial charge in [0.05, 0.1) is 0 Å². The van der Waals surface area contributed by atoms with Gasteiger partial charge in [0.25, 0.3) is 0 Å². The molecular formula is C14H21FN2. The minimum absolute atomic E-state index is 0.200. The molecule has 17 heavy (non-hydrogen) atoms. The topological polar surface area (TPSA) is 29.3 Å². The van der Waals surface area contributed by atoms with Gasteiger partial charge in [-0.15, -0.1) is 0 Å². The number of halogens is 1. The molecule has 1 fully saturated rings. The zero-order valence-corrected chi connectivity index (χ0v) is 10.6. The Balaban J connectivity index is 2.32. The first-order valence-corrected chi connectivity index (χ1v) is 6.38. The van der Waals surface area contributed by atoms with Crippen molar-refractivity contribution in [3.05, 3.63) is 29.6 Å². The third kappa shape index (κ3) is 2.44. The van der Waals surface area contributed by atoms with Gasteiger partial charge in [0.2, 0.25) is 0 Å². The SMILES string of the molecule is CC(C)C1CCCN1c1ccc(F)cc1CN. The first-order valence-electron chi connectivity index (χ1n) is 6.38. The van der Waals surface area contributed by atoms with Crippen LogP contribution in [-0.2, 0) is 6.54 Å². The quantitative estimate of drug-likeness (QED) is 0.874. The van der Waals surface area contributed by atoms with Gasteiger partial charge < -0.3 is 10.6 Å². The highest BCUT2D eigenvalue weighted by Gasteiger charge is 2.28. The molecule has 1 heterocycles. The molecule has 2 rings (SSSR count). The van der Waals surface area contributed by atoms with Crippen LogP contribution < -0.4 is 10.6 Å². The molecule has 3 heteroatoms. The lowest BCUT2D eigenvalue weighted by Gasteiger charge is -2.31. The van der Waals surface area contributed by atoms with Gasteiger partial charge in [-0.1, -0.05) is 13.8 Å². The Hall–Kier alpha value is -1.09. The predicted molar refractivity (Wildman–Crippen MR) is 69.5 cm³/mol. The van der Waals surface area contributed by atoms with Crippen LogP contribution in [-0.4, -0.2) is 12.6 Å². The molecule has 1 aliphatic rings. The van der Waals surface area contributed by atoms with Gasteiger partial charge >= 0.3 is 0 Å². The largest absolute Gasteiger partial charge is 0.368 e. The van der Waals surface area contributed by atoms with Gasteiger partial charge in [-0.25, -0.2) is 4.39 Å². The molecule has 0 amide bonds. The molecule has 1 atom stereocenters. The Kier molecular flexibility index (Phi) is 3.67. The lowest BCUT2D eigenvalue weighted by atomic mass is 10.0. The molecule has 1 aromatic carbocycles. The molecule has 1 aromatic rings. The van der Waals surface area contributed by atoms with Crippen LogP contribution in [0.1, 0.15) is 32.3 Å². The van der Waals surface area contributed by atoms with Crippen molar-refractivity contribution in [2.75, 3.05) is 11.4 Å². The summed E-state index contributed by atoms with van der Waals surface area (Å²) in [5, 5.41) is 0. The van der Waals surface area contributed by atoms with Crippen molar-refractivity contribution in [3.8, 4) is 0 Å². The standard InChI is InChI=1S/C14H21FN2/c1-10(2)13-4-3-7-17(13)14-6-5-12(15)8-11(14)9-16/h5-6,8,10,13H,3-4,7,9,16H2,1-2H3. The highest BCUT2D eigenvalue weighted by molar-refractivity contribution is 5.55. The Morgan fingerprint density at radius 3 is 2.88 bits per heavy atom. The molecular weight excluding hydrogens is 215 g/mol. The molecule has 0 radical (unpaired) electrons. The van der Waals surface area contributed by atoms with Gasteiger partial charge in [-0.05, 0) is 42.5 Å². The van der Waals surface area contributed by atoms with Gasteiger partial charge in [0.15, 0.2) is 0 Å². The molecule has 2 N–H and O–H groups in total. The van der Waals surface area contributed by atoms with Gasteiger partial charge in [0.1, 0.15) is 5.82 Å². The van der Waals surface area contributed by atoms with E-state index in [0.29, 0.717) is 18.5 Å². The molecule has 1 unspecified atom stereocenters. The van der Waals surface area contributed by atoms with Crippen molar-refractivity contribution in [2.24, 2.45) is 11.7 Å². The fourth-order valence-electron chi connectivity index (χ4n) is 2.78. The van der Waals surface area contributed by atoms with Crippen LogP contribution in [0.15, 0.2) is 18.2 Å². The normalized spacial score (nSPS) is 20.3. The summed E-state index contributed by atoms with van der Waals surface area (Å²) in [6.07, 6.45) is 2.43. The fraction of sp³-hybridized carbons (Fsp3) is 0.571. The molecule has 0 aromatic heterocycles. The van der Waals surface area contributed by atoms with Crippen LogP contribution in [0, 0.1) is 11.7 Å². The summed E-state index contributed by atoms with van der Waals surface area (Å²) in [6, 6.07) is 5.53. The summed E-state index contributed by atoms with van der Waals surface area (Å²) in [7, 11) is 0. The van der Waals surface area contributed by atoms with E-state index in [4.69, 9.17) is 5.73 Å². The van der Waals surface area contributed by atoms with E-state index in [2.05, 4.69) is 18.7 Å². The third-order valence-corrected chi connectivity index (χ3v) is 3.64. The van der Waals surface area contributed by atoms with Gasteiger partial charge in [0, 0.05) is 24.8 Å². The third-order valence-electron chi connectivity index (χ3n) is 3.64. The minimum atomic E-state index is -0.200. The average molecular weight is 236 g/mol. The van der Waals surface area contributed by atoms with Crippen LogP contribution >= 0.6 is 0 Å². The van der Waals surface area contributed by atoms with Crippen molar-refractivity contribution in [3.63, 3.8) is 0 Å². The summed E-state index contributed by atoms with van der Waals surface area (Å²) >= 11 is 0. The first-order chi connectivity index (χ1) is 8.13. The van der Waals surface area contributed by atoms with Crippen LogP contribution in [0.4, 0.5) is 10.1 Å². The van der Waals surface area contributed by atoms with E-state index in [0.717, 1.165) is 17.8 Å². The van der Waals surface area contributed by atoms with Crippen LogP contribution in [0.3, 0.4) is 0 Å². The van der Waals surface area contributed by atoms with Crippen molar-refractivity contribution >= 4 is 5.69 Å². The minimum Gasteiger partial charge on any atom is -0.368 e. The van der Waals surface area contributed by atoms with Crippen LogP contribution in [0.25, 0.3) is 0 Å². The van der Waals surface area contributed by atoms with Crippen molar-refractivity contribution < 1.29 is 4.39 Å². The van der Waals surface area contributed by atoms with Crippen molar-refractivity contribution in [1.29, 1.82) is 0 Å². The van der Waals surface area contributed by atoms with Crippen LogP contribution in [0.2, 0.25) is 0 Å². The molecule has 94 valence electrons. The highest BCUT2D eigenvalue weighted by atomic mass is 19.1. The molecule has 2 nitrogen and oxygen atoms in total. The monoisotopic (exact) mass is 236 g/mol. The summed E-state index contributed by atoms with van der Waals surface area (Å²) in [6.45, 7) is 5.94. The lowest BCUT2D eigenvalue weighted by molar-refractivity contribution is 0.491. The number of nitrogens with zero attached hydrogens (tertiary/aromatic N) is 1. The van der Waals surface area contributed by atoms with Crippen molar-refractivity contribution in [2.45, 2.75) is 39.3 Å². The van der Waals surface area contributed by atoms with Gasteiger partial charge in [-0.3, -0.25) is 0 Å². The molecule has 1 saturated heterocycles. The maximum atomic E-state index is 13.2. The first kappa shape index (κ1) is 12.4. The Bertz CT molecular complexity index is 390. The van der Waals surface area contributed by atoms with Crippen molar-refractivity contribution in [1.82, 2.24) is 0 Å². The lowest BCUT2D eigenvalue weighted by Crippen LogP contribution is -2.34. The molecule has 0 saturated carbocycles. The highest BCUT2D eigenvalue weighted by Crippen LogP contribution is 2.32. The fourth-order valence-corrected chi connectivity index (χ4v) is 2.78. The number of benzene rings is 1. The maximum absolute atomic E-state index is 13.2. The Morgan fingerprint density at radius 2 is 2.24 bits per heavy atom. The van der Waals surface area contributed by atoms with E-state index in [1.807, 2.05) is 6.07 Å². The predicted octanol–water partition coefficient (Wildman–Crippen LogP) is 2.91. The number of nitrogens with two attached hydrogens (primary N) is 1. The second kappa shape index (κ2) is 5.05. The van der Waals surface area contributed by atoms with Gasteiger partial charge in [-0.2, -0.15) is 0 Å². The second-order valence-electron chi connectivity index (χ2n) is 5.12.